The van der Waals surface area contributed by atoms with Gasteiger partial charge in [-0.15, -0.1) is 0 Å². The molecule has 0 aliphatic carbocycles. The summed E-state index contributed by atoms with van der Waals surface area (Å²) in [6.45, 7) is 2.67. The third kappa shape index (κ3) is 2.21. The maximum absolute atomic E-state index is 5.91. The second-order valence-corrected chi connectivity index (χ2v) is 3.03. The lowest BCUT2D eigenvalue weighted by Gasteiger charge is -2.01. The van der Waals surface area contributed by atoms with Crippen LogP contribution in [0.2, 0.25) is 5.02 Å². The van der Waals surface area contributed by atoms with Crippen LogP contribution in [0.15, 0.2) is 18.2 Å². The van der Waals surface area contributed by atoms with Crippen LogP contribution in [0.25, 0.3) is 0 Å². The van der Waals surface area contributed by atoms with Crippen molar-refractivity contribution < 1.29 is 0 Å². The van der Waals surface area contributed by atoms with Gasteiger partial charge in [0.15, 0.2) is 0 Å². The Labute approximate surface area is 72.2 Å². The molecule has 0 aliphatic heterocycles. The van der Waals surface area contributed by atoms with E-state index < -0.39 is 0 Å². The van der Waals surface area contributed by atoms with Crippen molar-refractivity contribution in [3.8, 4) is 0 Å². The second-order valence-electron chi connectivity index (χ2n) is 2.62. The number of benzene rings is 1. The van der Waals surface area contributed by atoms with Crippen LogP contribution in [0, 0.1) is 6.92 Å². The first-order chi connectivity index (χ1) is 5.24. The van der Waals surface area contributed by atoms with Gasteiger partial charge in [-0.05, 0) is 37.1 Å². The minimum Gasteiger partial charge on any atom is -0.330 e. The van der Waals surface area contributed by atoms with Gasteiger partial charge in [0.05, 0.1) is 0 Å². The fourth-order valence-electron chi connectivity index (χ4n) is 0.959. The van der Waals surface area contributed by atoms with Gasteiger partial charge >= 0.3 is 0 Å². The standard InChI is InChI=1S/C9H12ClN/c1-7-2-3-8(4-5-11)6-9(7)10/h2-3,6H,4-5,11H2,1H3. The Morgan fingerprint density at radius 3 is 2.73 bits per heavy atom. The lowest BCUT2D eigenvalue weighted by molar-refractivity contribution is 0.968. The molecule has 0 amide bonds. The molecular formula is C9H12ClN. The lowest BCUT2D eigenvalue weighted by Crippen LogP contribution is -2.02. The fraction of sp³-hybridized carbons (Fsp3) is 0.333. The number of halogens is 1. The van der Waals surface area contributed by atoms with E-state index in [2.05, 4.69) is 6.07 Å². The summed E-state index contributed by atoms with van der Waals surface area (Å²) in [5.74, 6) is 0. The van der Waals surface area contributed by atoms with E-state index in [0.29, 0.717) is 6.54 Å². The topological polar surface area (TPSA) is 26.0 Å². The maximum Gasteiger partial charge on any atom is 0.0437 e. The number of rotatable bonds is 2. The molecule has 1 aromatic carbocycles. The summed E-state index contributed by atoms with van der Waals surface area (Å²) in [6.07, 6.45) is 0.903. The highest BCUT2D eigenvalue weighted by molar-refractivity contribution is 6.31. The van der Waals surface area contributed by atoms with Crippen LogP contribution in [0.4, 0.5) is 0 Å². The molecule has 0 aliphatic rings. The average Bonchev–Trinajstić information content (AvgIpc) is 1.98. The molecule has 2 N–H and O–H groups in total. The molecule has 0 radical (unpaired) electrons. The van der Waals surface area contributed by atoms with Gasteiger partial charge < -0.3 is 5.73 Å². The molecule has 60 valence electrons. The molecule has 0 fully saturated rings. The molecule has 0 heterocycles. The maximum atomic E-state index is 5.91. The van der Waals surface area contributed by atoms with Crippen LogP contribution in [-0.2, 0) is 6.42 Å². The third-order valence-electron chi connectivity index (χ3n) is 1.67. The highest BCUT2D eigenvalue weighted by Gasteiger charge is 1.95. The van der Waals surface area contributed by atoms with Crippen molar-refractivity contribution in [2.24, 2.45) is 5.73 Å². The van der Waals surface area contributed by atoms with Crippen LogP contribution in [0.1, 0.15) is 11.1 Å². The first kappa shape index (κ1) is 8.57. The monoisotopic (exact) mass is 169 g/mol. The highest BCUT2D eigenvalue weighted by atomic mass is 35.5. The van der Waals surface area contributed by atoms with Gasteiger partial charge in [-0.3, -0.25) is 0 Å². The van der Waals surface area contributed by atoms with E-state index in [9.17, 15) is 0 Å². The van der Waals surface area contributed by atoms with E-state index in [1.165, 1.54) is 5.56 Å². The summed E-state index contributed by atoms with van der Waals surface area (Å²) in [5.41, 5.74) is 7.73. The molecular weight excluding hydrogens is 158 g/mol. The third-order valence-corrected chi connectivity index (χ3v) is 2.08. The minimum absolute atomic E-state index is 0.680. The fourth-order valence-corrected chi connectivity index (χ4v) is 1.16. The second kappa shape index (κ2) is 3.74. The number of hydrogen-bond acceptors (Lipinski definition) is 1. The number of hydrogen-bond donors (Lipinski definition) is 1. The van der Waals surface area contributed by atoms with Crippen LogP contribution < -0.4 is 5.73 Å². The molecule has 0 saturated heterocycles. The molecule has 0 unspecified atom stereocenters. The molecule has 1 aromatic rings. The van der Waals surface area contributed by atoms with Crippen LogP contribution in [0.3, 0.4) is 0 Å². The summed E-state index contributed by atoms with van der Waals surface area (Å²) in [5, 5.41) is 0.830. The van der Waals surface area contributed by atoms with Gasteiger partial charge in [0, 0.05) is 5.02 Å². The van der Waals surface area contributed by atoms with E-state index >= 15 is 0 Å². The average molecular weight is 170 g/mol. The molecule has 1 rings (SSSR count). The minimum atomic E-state index is 0.680. The predicted octanol–water partition coefficient (Wildman–Crippen LogP) is 2.15. The van der Waals surface area contributed by atoms with Crippen molar-refractivity contribution >= 4 is 11.6 Å². The van der Waals surface area contributed by atoms with Gasteiger partial charge in [0.1, 0.15) is 0 Å². The molecule has 2 heteroatoms. The molecule has 11 heavy (non-hydrogen) atoms. The molecule has 0 aromatic heterocycles. The summed E-state index contributed by atoms with van der Waals surface area (Å²) >= 11 is 5.91. The van der Waals surface area contributed by atoms with Crippen molar-refractivity contribution in [1.29, 1.82) is 0 Å². The van der Waals surface area contributed by atoms with Gasteiger partial charge in [0.25, 0.3) is 0 Å². The van der Waals surface area contributed by atoms with E-state index in [4.69, 9.17) is 17.3 Å². The Morgan fingerprint density at radius 1 is 1.45 bits per heavy atom. The van der Waals surface area contributed by atoms with Gasteiger partial charge in [-0.25, -0.2) is 0 Å². The van der Waals surface area contributed by atoms with Crippen LogP contribution in [-0.4, -0.2) is 6.54 Å². The highest BCUT2D eigenvalue weighted by Crippen LogP contribution is 2.16. The first-order valence-corrected chi connectivity index (χ1v) is 4.07. The summed E-state index contributed by atoms with van der Waals surface area (Å²) in [4.78, 5) is 0. The van der Waals surface area contributed by atoms with Gasteiger partial charge in [-0.2, -0.15) is 0 Å². The van der Waals surface area contributed by atoms with E-state index in [1.807, 2.05) is 19.1 Å². The van der Waals surface area contributed by atoms with E-state index in [0.717, 1.165) is 17.0 Å². The summed E-state index contributed by atoms with van der Waals surface area (Å²) < 4.78 is 0. The normalized spacial score (nSPS) is 10.1. The molecule has 0 bridgehead atoms. The van der Waals surface area contributed by atoms with E-state index in [-0.39, 0.29) is 0 Å². The lowest BCUT2D eigenvalue weighted by atomic mass is 10.1. The van der Waals surface area contributed by atoms with Crippen molar-refractivity contribution in [3.05, 3.63) is 34.3 Å². The first-order valence-electron chi connectivity index (χ1n) is 3.69. The smallest absolute Gasteiger partial charge is 0.0437 e. The zero-order chi connectivity index (χ0) is 8.27. The Morgan fingerprint density at radius 2 is 2.18 bits per heavy atom. The Hall–Kier alpha value is -0.530. The van der Waals surface area contributed by atoms with Crippen molar-refractivity contribution in [2.45, 2.75) is 13.3 Å². The molecule has 0 atom stereocenters. The quantitative estimate of drug-likeness (QED) is 0.722. The number of aryl methyl sites for hydroxylation is 1. The SMILES string of the molecule is Cc1ccc(CCN)cc1Cl. The van der Waals surface area contributed by atoms with Crippen molar-refractivity contribution in [2.75, 3.05) is 6.54 Å². The van der Waals surface area contributed by atoms with Crippen LogP contribution in [0.5, 0.6) is 0 Å². The zero-order valence-electron chi connectivity index (χ0n) is 6.60. The van der Waals surface area contributed by atoms with E-state index in [1.54, 1.807) is 0 Å². The van der Waals surface area contributed by atoms with Crippen LogP contribution >= 0.6 is 11.6 Å². The largest absolute Gasteiger partial charge is 0.330 e. The van der Waals surface area contributed by atoms with Gasteiger partial charge in [-0.1, -0.05) is 23.7 Å². The predicted molar refractivity (Wildman–Crippen MR) is 48.9 cm³/mol. The summed E-state index contributed by atoms with van der Waals surface area (Å²) in [7, 11) is 0. The van der Waals surface area contributed by atoms with Crippen molar-refractivity contribution in [3.63, 3.8) is 0 Å². The summed E-state index contributed by atoms with van der Waals surface area (Å²) in [6, 6.07) is 6.06. The molecule has 0 spiro atoms. The van der Waals surface area contributed by atoms with Gasteiger partial charge in [0.2, 0.25) is 0 Å². The van der Waals surface area contributed by atoms with Crippen molar-refractivity contribution in [1.82, 2.24) is 0 Å². The zero-order valence-corrected chi connectivity index (χ0v) is 7.36. The Balaban J connectivity index is 2.86. The Kier molecular flexibility index (Phi) is 2.92. The Bertz CT molecular complexity index is 245. The molecule has 0 saturated carbocycles. The number of nitrogens with two attached hydrogens (primary N) is 1. The molecule has 1 nitrogen and oxygen atoms in total.